The number of halogens is 3. The Hall–Kier alpha value is -0.290. The zero-order valence-corrected chi connectivity index (χ0v) is 11.4. The zero-order chi connectivity index (χ0) is 13.9. The standard InChI is InChI=1S/C13H25F3O2/c1-3-5-7-9-17-12(11-13(14,15)16)18-10-8-6-4-2/h12H,3-11H2,1-2H3. The lowest BCUT2D eigenvalue weighted by molar-refractivity contribution is -0.222. The Balaban J connectivity index is 3.85. The molecular formula is C13H25F3O2. The summed E-state index contributed by atoms with van der Waals surface area (Å²) >= 11 is 0. The monoisotopic (exact) mass is 270 g/mol. The lowest BCUT2D eigenvalue weighted by Gasteiger charge is -2.20. The quantitative estimate of drug-likeness (QED) is 0.401. The summed E-state index contributed by atoms with van der Waals surface area (Å²) in [6, 6.07) is 0. The second-order valence-corrected chi connectivity index (χ2v) is 4.40. The van der Waals surface area contributed by atoms with Gasteiger partial charge in [0.1, 0.15) is 0 Å². The zero-order valence-electron chi connectivity index (χ0n) is 11.4. The highest BCUT2D eigenvalue weighted by Gasteiger charge is 2.32. The fourth-order valence-corrected chi connectivity index (χ4v) is 1.49. The summed E-state index contributed by atoms with van der Waals surface area (Å²) in [5, 5.41) is 0. The van der Waals surface area contributed by atoms with E-state index in [9.17, 15) is 13.2 Å². The fraction of sp³-hybridized carbons (Fsp3) is 1.00. The van der Waals surface area contributed by atoms with Gasteiger partial charge in [0.25, 0.3) is 0 Å². The van der Waals surface area contributed by atoms with Gasteiger partial charge >= 0.3 is 6.18 Å². The Labute approximate surface area is 108 Å². The topological polar surface area (TPSA) is 18.5 Å². The third kappa shape index (κ3) is 12.2. The van der Waals surface area contributed by atoms with Crippen LogP contribution in [-0.2, 0) is 9.47 Å². The van der Waals surface area contributed by atoms with Crippen LogP contribution in [0.25, 0.3) is 0 Å². The van der Waals surface area contributed by atoms with Crippen LogP contribution in [0.4, 0.5) is 13.2 Å². The van der Waals surface area contributed by atoms with Gasteiger partial charge in [-0.25, -0.2) is 0 Å². The SMILES string of the molecule is CCCCCOC(CC(F)(F)F)OCCCCC. The van der Waals surface area contributed by atoms with E-state index in [0.29, 0.717) is 13.2 Å². The molecule has 0 N–H and O–H groups in total. The van der Waals surface area contributed by atoms with E-state index in [-0.39, 0.29) is 0 Å². The van der Waals surface area contributed by atoms with Crippen molar-refractivity contribution in [1.82, 2.24) is 0 Å². The molecule has 0 spiro atoms. The minimum atomic E-state index is -4.24. The van der Waals surface area contributed by atoms with E-state index >= 15 is 0 Å². The average molecular weight is 270 g/mol. The number of hydrogen-bond donors (Lipinski definition) is 0. The molecule has 0 amide bonds. The minimum absolute atomic E-state index is 0.336. The lowest BCUT2D eigenvalue weighted by Crippen LogP contribution is -2.26. The molecule has 0 heterocycles. The van der Waals surface area contributed by atoms with Crippen LogP contribution in [0, 0.1) is 0 Å². The molecule has 110 valence electrons. The minimum Gasteiger partial charge on any atom is -0.352 e. The van der Waals surface area contributed by atoms with Crippen molar-refractivity contribution >= 4 is 0 Å². The molecule has 0 unspecified atom stereocenters. The highest BCUT2D eigenvalue weighted by molar-refractivity contribution is 4.55. The van der Waals surface area contributed by atoms with Crippen molar-refractivity contribution in [2.45, 2.75) is 71.3 Å². The van der Waals surface area contributed by atoms with E-state index < -0.39 is 18.9 Å². The van der Waals surface area contributed by atoms with Crippen LogP contribution in [0.15, 0.2) is 0 Å². The van der Waals surface area contributed by atoms with Gasteiger partial charge in [-0.2, -0.15) is 13.2 Å². The van der Waals surface area contributed by atoms with Gasteiger partial charge in [0, 0.05) is 13.2 Å². The first-order valence-electron chi connectivity index (χ1n) is 6.79. The maximum atomic E-state index is 12.3. The predicted molar refractivity (Wildman–Crippen MR) is 65.4 cm³/mol. The van der Waals surface area contributed by atoms with Gasteiger partial charge in [0.2, 0.25) is 0 Å². The molecule has 18 heavy (non-hydrogen) atoms. The number of ether oxygens (including phenoxy) is 2. The molecule has 0 rings (SSSR count). The first kappa shape index (κ1) is 17.7. The summed E-state index contributed by atoms with van der Waals surface area (Å²) in [5.74, 6) is 0. The summed E-state index contributed by atoms with van der Waals surface area (Å²) in [6.45, 7) is 4.74. The van der Waals surface area contributed by atoms with Crippen LogP contribution in [0.5, 0.6) is 0 Å². The molecule has 5 heteroatoms. The smallest absolute Gasteiger partial charge is 0.352 e. The summed E-state index contributed by atoms with van der Waals surface area (Å²) in [4.78, 5) is 0. The fourth-order valence-electron chi connectivity index (χ4n) is 1.49. The Bertz CT molecular complexity index is 172. The van der Waals surface area contributed by atoms with Crippen molar-refractivity contribution in [2.24, 2.45) is 0 Å². The molecule has 0 fully saturated rings. The maximum Gasteiger partial charge on any atom is 0.393 e. The van der Waals surface area contributed by atoms with Crippen LogP contribution < -0.4 is 0 Å². The molecule has 0 radical (unpaired) electrons. The lowest BCUT2D eigenvalue weighted by atomic mass is 10.2. The second kappa shape index (κ2) is 10.6. The van der Waals surface area contributed by atoms with Gasteiger partial charge in [-0.3, -0.25) is 0 Å². The molecule has 0 saturated heterocycles. The van der Waals surface area contributed by atoms with E-state index in [4.69, 9.17) is 9.47 Å². The Morgan fingerprint density at radius 3 is 1.61 bits per heavy atom. The Kier molecular flexibility index (Phi) is 10.4. The van der Waals surface area contributed by atoms with E-state index in [1.54, 1.807) is 0 Å². The van der Waals surface area contributed by atoms with Gasteiger partial charge in [0.05, 0.1) is 6.42 Å². The second-order valence-electron chi connectivity index (χ2n) is 4.40. The van der Waals surface area contributed by atoms with Gasteiger partial charge in [-0.1, -0.05) is 39.5 Å². The Morgan fingerprint density at radius 2 is 1.28 bits per heavy atom. The molecule has 0 aromatic rings. The van der Waals surface area contributed by atoms with E-state index in [1.807, 2.05) is 13.8 Å². The predicted octanol–water partition coefficient (Wildman–Crippen LogP) is 4.68. The highest BCUT2D eigenvalue weighted by atomic mass is 19.4. The first-order chi connectivity index (χ1) is 8.49. The molecule has 0 aromatic carbocycles. The van der Waals surface area contributed by atoms with Crippen molar-refractivity contribution in [3.63, 3.8) is 0 Å². The number of unbranched alkanes of at least 4 members (excludes halogenated alkanes) is 4. The summed E-state index contributed by atoms with van der Waals surface area (Å²) < 4.78 is 47.2. The van der Waals surface area contributed by atoms with Crippen molar-refractivity contribution in [3.05, 3.63) is 0 Å². The average Bonchev–Trinajstić information content (AvgIpc) is 2.28. The molecule has 0 aliphatic heterocycles. The van der Waals surface area contributed by atoms with E-state index in [2.05, 4.69) is 0 Å². The molecular weight excluding hydrogens is 245 g/mol. The highest BCUT2D eigenvalue weighted by Crippen LogP contribution is 2.24. The molecule has 0 bridgehead atoms. The molecule has 0 saturated carbocycles. The number of rotatable bonds is 11. The van der Waals surface area contributed by atoms with Gasteiger partial charge in [-0.05, 0) is 12.8 Å². The number of alkyl halides is 3. The normalized spacial score (nSPS) is 12.3. The summed E-state index contributed by atoms with van der Waals surface area (Å²) in [7, 11) is 0. The van der Waals surface area contributed by atoms with E-state index in [0.717, 1.165) is 38.5 Å². The largest absolute Gasteiger partial charge is 0.393 e. The molecule has 0 aliphatic rings. The van der Waals surface area contributed by atoms with E-state index in [1.165, 1.54) is 0 Å². The van der Waals surface area contributed by atoms with Gasteiger partial charge < -0.3 is 9.47 Å². The van der Waals surface area contributed by atoms with Crippen LogP contribution in [0.1, 0.15) is 58.8 Å². The van der Waals surface area contributed by atoms with Gasteiger partial charge in [-0.15, -0.1) is 0 Å². The van der Waals surface area contributed by atoms with Crippen molar-refractivity contribution in [1.29, 1.82) is 0 Å². The third-order valence-electron chi connectivity index (χ3n) is 2.50. The number of hydrogen-bond acceptors (Lipinski definition) is 2. The first-order valence-corrected chi connectivity index (χ1v) is 6.79. The van der Waals surface area contributed by atoms with Crippen LogP contribution in [0.3, 0.4) is 0 Å². The molecule has 0 atom stereocenters. The van der Waals surface area contributed by atoms with Crippen LogP contribution in [-0.4, -0.2) is 25.7 Å². The summed E-state index contributed by atoms with van der Waals surface area (Å²) in [6.07, 6.45) is -0.866. The Morgan fingerprint density at radius 1 is 0.833 bits per heavy atom. The third-order valence-corrected chi connectivity index (χ3v) is 2.50. The molecule has 0 aliphatic carbocycles. The van der Waals surface area contributed by atoms with Crippen LogP contribution >= 0.6 is 0 Å². The molecule has 2 nitrogen and oxygen atoms in total. The van der Waals surface area contributed by atoms with Crippen molar-refractivity contribution in [3.8, 4) is 0 Å². The van der Waals surface area contributed by atoms with Crippen LogP contribution in [0.2, 0.25) is 0 Å². The van der Waals surface area contributed by atoms with Gasteiger partial charge in [0.15, 0.2) is 6.29 Å². The summed E-state index contributed by atoms with van der Waals surface area (Å²) in [5.41, 5.74) is 0. The van der Waals surface area contributed by atoms with Crippen molar-refractivity contribution < 1.29 is 22.6 Å². The maximum absolute atomic E-state index is 12.3. The molecule has 0 aromatic heterocycles. The van der Waals surface area contributed by atoms with Crippen molar-refractivity contribution in [2.75, 3.05) is 13.2 Å².